The van der Waals surface area contributed by atoms with E-state index in [1.54, 1.807) is 0 Å². The summed E-state index contributed by atoms with van der Waals surface area (Å²) in [6.45, 7) is 10.3. The molecule has 3 rings (SSSR count). The van der Waals surface area contributed by atoms with Gasteiger partial charge >= 0.3 is 0 Å². The van der Waals surface area contributed by atoms with Gasteiger partial charge in [0.1, 0.15) is 0 Å². The maximum atomic E-state index is 12.3. The highest BCUT2D eigenvalue weighted by Crippen LogP contribution is 2.27. The van der Waals surface area contributed by atoms with Gasteiger partial charge in [-0.1, -0.05) is 6.92 Å². The molecule has 2 atom stereocenters. The van der Waals surface area contributed by atoms with Crippen molar-refractivity contribution in [3.63, 3.8) is 0 Å². The summed E-state index contributed by atoms with van der Waals surface area (Å²) in [5, 5.41) is 3.39. The van der Waals surface area contributed by atoms with Crippen LogP contribution in [0.4, 0.5) is 0 Å². The summed E-state index contributed by atoms with van der Waals surface area (Å²) >= 11 is 0. The van der Waals surface area contributed by atoms with Crippen molar-refractivity contribution < 1.29 is 9.53 Å². The van der Waals surface area contributed by atoms with Crippen LogP contribution in [0, 0.1) is 5.92 Å². The topological polar surface area (TPSA) is 75.0 Å². The van der Waals surface area contributed by atoms with Gasteiger partial charge in [-0.05, 0) is 19.3 Å². The van der Waals surface area contributed by atoms with Gasteiger partial charge in [0.05, 0.1) is 32.1 Å². The van der Waals surface area contributed by atoms with Crippen LogP contribution < -0.4 is 5.32 Å². The molecule has 0 bridgehead atoms. The number of carbonyl (C=O) groups is 1. The summed E-state index contributed by atoms with van der Waals surface area (Å²) < 4.78 is 7.51. The largest absolute Gasteiger partial charge is 0.378 e. The molecule has 3 heterocycles. The van der Waals surface area contributed by atoms with Gasteiger partial charge in [-0.15, -0.1) is 24.0 Å². The number of hydrogen-bond acceptors (Lipinski definition) is 4. The van der Waals surface area contributed by atoms with E-state index in [1.807, 2.05) is 23.6 Å². The van der Waals surface area contributed by atoms with Gasteiger partial charge in [-0.2, -0.15) is 0 Å². The average Bonchev–Trinajstić information content (AvgIpc) is 3.23. The van der Waals surface area contributed by atoms with Crippen LogP contribution in [0.25, 0.3) is 0 Å². The lowest BCUT2D eigenvalue weighted by Crippen LogP contribution is -2.49. The smallest absolute Gasteiger partial charge is 0.224 e. The van der Waals surface area contributed by atoms with Gasteiger partial charge in [0, 0.05) is 51.5 Å². The SMILES string of the molecule is CCNC(=NCCC(=O)N1CCOCC1)N1CCC(C)C(n2ccnc2)C1.I. The van der Waals surface area contributed by atoms with Crippen molar-refractivity contribution >= 4 is 35.8 Å². The van der Waals surface area contributed by atoms with Crippen LogP contribution in [-0.2, 0) is 9.53 Å². The molecule has 1 amide bonds. The minimum atomic E-state index is 0. The third kappa shape index (κ3) is 6.07. The van der Waals surface area contributed by atoms with E-state index < -0.39 is 0 Å². The van der Waals surface area contributed by atoms with Crippen molar-refractivity contribution in [2.75, 3.05) is 52.5 Å². The van der Waals surface area contributed by atoms with Crippen molar-refractivity contribution in [3.8, 4) is 0 Å². The molecule has 0 radical (unpaired) electrons. The Morgan fingerprint density at radius 2 is 2.07 bits per heavy atom. The van der Waals surface area contributed by atoms with Crippen molar-refractivity contribution in [1.29, 1.82) is 0 Å². The van der Waals surface area contributed by atoms with Crippen LogP contribution in [0.1, 0.15) is 32.7 Å². The number of nitrogens with zero attached hydrogens (tertiary/aromatic N) is 5. The van der Waals surface area contributed by atoms with Gasteiger partial charge in [0.15, 0.2) is 5.96 Å². The summed E-state index contributed by atoms with van der Waals surface area (Å²) in [7, 11) is 0. The second-order valence-electron chi connectivity index (χ2n) is 7.27. The normalized spacial score (nSPS) is 23.3. The monoisotopic (exact) mass is 504 g/mol. The molecule has 2 unspecified atom stereocenters. The van der Waals surface area contributed by atoms with E-state index in [4.69, 9.17) is 9.73 Å². The van der Waals surface area contributed by atoms with E-state index in [9.17, 15) is 4.79 Å². The summed E-state index contributed by atoms with van der Waals surface area (Å²) in [4.78, 5) is 25.5. The molecule has 0 aromatic carbocycles. The molecule has 2 aliphatic rings. The number of morpholine rings is 1. The number of piperidine rings is 1. The van der Waals surface area contributed by atoms with Crippen molar-refractivity contribution in [2.24, 2.45) is 10.9 Å². The zero-order valence-corrected chi connectivity index (χ0v) is 19.2. The fraction of sp³-hybridized carbons (Fsp3) is 0.737. The summed E-state index contributed by atoms with van der Waals surface area (Å²) in [5.41, 5.74) is 0. The Morgan fingerprint density at radius 1 is 1.29 bits per heavy atom. The molecule has 9 heteroatoms. The van der Waals surface area contributed by atoms with Gasteiger partial charge < -0.3 is 24.4 Å². The van der Waals surface area contributed by atoms with Crippen LogP contribution in [0.3, 0.4) is 0 Å². The van der Waals surface area contributed by atoms with E-state index >= 15 is 0 Å². The van der Waals surface area contributed by atoms with Crippen molar-refractivity contribution in [1.82, 2.24) is 24.7 Å². The maximum absolute atomic E-state index is 12.3. The van der Waals surface area contributed by atoms with E-state index in [0.29, 0.717) is 51.2 Å². The first-order chi connectivity index (χ1) is 13.2. The van der Waals surface area contributed by atoms with Crippen LogP contribution in [0.5, 0.6) is 0 Å². The van der Waals surface area contributed by atoms with Gasteiger partial charge in [0.25, 0.3) is 0 Å². The summed E-state index contributed by atoms with van der Waals surface area (Å²) in [6, 6.07) is 0.389. The minimum absolute atomic E-state index is 0. The van der Waals surface area contributed by atoms with Crippen LogP contribution in [0.15, 0.2) is 23.7 Å². The highest BCUT2D eigenvalue weighted by Gasteiger charge is 2.29. The molecular weight excluding hydrogens is 471 g/mol. The number of ether oxygens (including phenoxy) is 1. The van der Waals surface area contributed by atoms with Gasteiger partial charge in [0.2, 0.25) is 5.91 Å². The Labute approximate surface area is 184 Å². The predicted molar refractivity (Wildman–Crippen MR) is 120 cm³/mol. The third-order valence-electron chi connectivity index (χ3n) is 5.41. The number of amides is 1. The van der Waals surface area contributed by atoms with Gasteiger partial charge in [-0.3, -0.25) is 9.79 Å². The molecule has 2 saturated heterocycles. The minimum Gasteiger partial charge on any atom is -0.378 e. The Balaban J connectivity index is 0.00000280. The van der Waals surface area contributed by atoms with E-state index in [1.165, 1.54) is 0 Å². The number of aromatic nitrogens is 2. The first kappa shape index (κ1) is 22.9. The quantitative estimate of drug-likeness (QED) is 0.375. The van der Waals surface area contributed by atoms with Crippen molar-refractivity contribution in [3.05, 3.63) is 18.7 Å². The number of likely N-dealkylation sites (tertiary alicyclic amines) is 1. The molecule has 2 fully saturated rings. The Morgan fingerprint density at radius 3 is 2.75 bits per heavy atom. The second kappa shape index (κ2) is 11.6. The van der Waals surface area contributed by atoms with Crippen LogP contribution >= 0.6 is 24.0 Å². The number of aliphatic imine (C=N–C) groups is 1. The molecular formula is C19H33IN6O2. The summed E-state index contributed by atoms with van der Waals surface area (Å²) in [6.07, 6.45) is 7.33. The molecule has 8 nitrogen and oxygen atoms in total. The first-order valence-corrected chi connectivity index (χ1v) is 10.0. The number of guanidine groups is 1. The standard InChI is InChI=1S/C19H32N6O2.HI/c1-3-21-19(22-6-4-18(26)23-10-12-27-13-11-23)24-8-5-16(2)17(14-24)25-9-7-20-15-25;/h7,9,15-17H,3-6,8,10-14H2,1-2H3,(H,21,22);1H. The Kier molecular flexibility index (Phi) is 9.49. The van der Waals surface area contributed by atoms with Crippen LogP contribution in [0.2, 0.25) is 0 Å². The molecule has 1 N–H and O–H groups in total. The van der Waals surface area contributed by atoms with E-state index in [-0.39, 0.29) is 29.9 Å². The highest BCUT2D eigenvalue weighted by molar-refractivity contribution is 14.0. The molecule has 28 heavy (non-hydrogen) atoms. The summed E-state index contributed by atoms with van der Waals surface area (Å²) in [5.74, 6) is 1.67. The molecule has 1 aromatic rings. The Hall–Kier alpha value is -1.36. The number of imidazole rings is 1. The van der Waals surface area contributed by atoms with Crippen molar-refractivity contribution in [2.45, 2.75) is 32.7 Å². The highest BCUT2D eigenvalue weighted by atomic mass is 127. The number of carbonyl (C=O) groups excluding carboxylic acids is 1. The second-order valence-corrected chi connectivity index (χ2v) is 7.27. The number of nitrogens with one attached hydrogen (secondary N) is 1. The fourth-order valence-electron chi connectivity index (χ4n) is 3.75. The fourth-order valence-corrected chi connectivity index (χ4v) is 3.75. The average molecular weight is 504 g/mol. The first-order valence-electron chi connectivity index (χ1n) is 10.0. The van der Waals surface area contributed by atoms with E-state index in [2.05, 4.69) is 33.6 Å². The third-order valence-corrected chi connectivity index (χ3v) is 5.41. The predicted octanol–water partition coefficient (Wildman–Crippen LogP) is 1.60. The molecule has 0 spiro atoms. The maximum Gasteiger partial charge on any atom is 0.224 e. The van der Waals surface area contributed by atoms with E-state index in [0.717, 1.165) is 32.0 Å². The number of hydrogen-bond donors (Lipinski definition) is 1. The Bertz CT molecular complexity index is 618. The lowest BCUT2D eigenvalue weighted by Gasteiger charge is -2.39. The number of rotatable bonds is 5. The number of halogens is 1. The lowest BCUT2D eigenvalue weighted by atomic mass is 9.93. The lowest BCUT2D eigenvalue weighted by molar-refractivity contribution is -0.135. The molecule has 2 aliphatic heterocycles. The van der Waals surface area contributed by atoms with Crippen LogP contribution in [-0.4, -0.2) is 83.7 Å². The molecule has 158 valence electrons. The zero-order valence-electron chi connectivity index (χ0n) is 16.9. The van der Waals surface area contributed by atoms with Gasteiger partial charge in [-0.25, -0.2) is 4.98 Å². The molecule has 0 saturated carbocycles. The zero-order chi connectivity index (χ0) is 19.1. The molecule has 0 aliphatic carbocycles. The molecule has 1 aromatic heterocycles.